The van der Waals surface area contributed by atoms with E-state index in [1.165, 1.54) is 16.0 Å². The fourth-order valence-corrected chi connectivity index (χ4v) is 4.23. The topological polar surface area (TPSA) is 38.0 Å². The molecule has 1 aliphatic heterocycles. The first-order valence-corrected chi connectivity index (χ1v) is 10.5. The van der Waals surface area contributed by atoms with Crippen molar-refractivity contribution in [2.45, 2.75) is 45.3 Å². The summed E-state index contributed by atoms with van der Waals surface area (Å²) in [4.78, 5) is 15.6. The molecule has 0 aromatic heterocycles. The fraction of sp³-hybridized carbons (Fsp3) is 0.458. The van der Waals surface area contributed by atoms with Gasteiger partial charge >= 0.3 is 0 Å². The summed E-state index contributed by atoms with van der Waals surface area (Å²) in [7, 11) is 0. The number of hydrogen-bond acceptors (Lipinski definition) is 1. The monoisotopic (exact) mass is 381 g/mol. The minimum Gasteiger partial charge on any atom is -0.346 e. The lowest BCUT2D eigenvalue weighted by Crippen LogP contribution is -3.30. The number of hydrogen-bond donors (Lipinski definition) is 3. The molecule has 0 bridgehead atoms. The predicted molar refractivity (Wildman–Crippen MR) is 113 cm³/mol. The molecule has 2 aromatic carbocycles. The van der Waals surface area contributed by atoms with Crippen molar-refractivity contribution >= 4 is 5.91 Å². The molecule has 0 unspecified atom stereocenters. The van der Waals surface area contributed by atoms with Gasteiger partial charge in [0.25, 0.3) is 5.91 Å². The highest BCUT2D eigenvalue weighted by Gasteiger charge is 2.36. The van der Waals surface area contributed by atoms with Crippen molar-refractivity contribution in [1.29, 1.82) is 0 Å². The van der Waals surface area contributed by atoms with Crippen LogP contribution in [0.2, 0.25) is 0 Å². The second-order valence-electron chi connectivity index (χ2n) is 9.03. The van der Waals surface area contributed by atoms with Crippen molar-refractivity contribution in [2.75, 3.05) is 26.2 Å². The lowest BCUT2D eigenvalue weighted by molar-refractivity contribution is -1.03. The zero-order chi connectivity index (χ0) is 20.1. The molecular formula is C24H35N3O+2. The average Bonchev–Trinajstić information content (AvgIpc) is 2.68. The average molecular weight is 382 g/mol. The van der Waals surface area contributed by atoms with Crippen LogP contribution in [0.25, 0.3) is 0 Å². The largest absolute Gasteiger partial charge is 0.346 e. The third-order valence-corrected chi connectivity index (χ3v) is 5.71. The fourth-order valence-electron chi connectivity index (χ4n) is 4.23. The number of nitrogens with one attached hydrogen (secondary N) is 3. The Morgan fingerprint density at radius 2 is 1.25 bits per heavy atom. The minimum atomic E-state index is -0.177. The number of carbonyl (C=O) groups is 1. The Morgan fingerprint density at radius 1 is 0.821 bits per heavy atom. The van der Waals surface area contributed by atoms with Crippen LogP contribution in [0.5, 0.6) is 0 Å². The first kappa shape index (κ1) is 20.6. The predicted octanol–water partition coefficient (Wildman–Crippen LogP) is 0.863. The van der Waals surface area contributed by atoms with Gasteiger partial charge in [-0.15, -0.1) is 0 Å². The summed E-state index contributed by atoms with van der Waals surface area (Å²) >= 11 is 0. The highest BCUT2D eigenvalue weighted by Crippen LogP contribution is 2.18. The van der Waals surface area contributed by atoms with Crippen LogP contribution in [0.3, 0.4) is 0 Å². The molecule has 1 saturated heterocycles. The van der Waals surface area contributed by atoms with E-state index in [9.17, 15) is 4.79 Å². The minimum absolute atomic E-state index is 0.00678. The zero-order valence-corrected chi connectivity index (χ0v) is 17.7. The van der Waals surface area contributed by atoms with E-state index in [1.807, 2.05) is 20.8 Å². The highest BCUT2D eigenvalue weighted by atomic mass is 16.2. The summed E-state index contributed by atoms with van der Waals surface area (Å²) in [5.41, 5.74) is 2.56. The van der Waals surface area contributed by atoms with E-state index in [4.69, 9.17) is 0 Å². The second kappa shape index (κ2) is 8.89. The van der Waals surface area contributed by atoms with Gasteiger partial charge < -0.3 is 15.1 Å². The van der Waals surface area contributed by atoms with E-state index in [0.29, 0.717) is 6.04 Å². The van der Waals surface area contributed by atoms with Crippen LogP contribution >= 0.6 is 0 Å². The highest BCUT2D eigenvalue weighted by molar-refractivity contribution is 5.80. The summed E-state index contributed by atoms with van der Waals surface area (Å²) in [6.07, 6.45) is 0. The van der Waals surface area contributed by atoms with Crippen LogP contribution in [0.1, 0.15) is 44.9 Å². The molecule has 0 spiro atoms. The number of carbonyl (C=O) groups excluding carboxylic acids is 1. The van der Waals surface area contributed by atoms with Crippen molar-refractivity contribution in [1.82, 2.24) is 5.32 Å². The van der Waals surface area contributed by atoms with Crippen molar-refractivity contribution in [3.8, 4) is 0 Å². The first-order chi connectivity index (χ1) is 13.3. The Labute approximate surface area is 169 Å². The van der Waals surface area contributed by atoms with Gasteiger partial charge in [-0.05, 0) is 27.7 Å². The summed E-state index contributed by atoms with van der Waals surface area (Å²) in [6, 6.07) is 22.0. The van der Waals surface area contributed by atoms with Crippen LogP contribution in [-0.4, -0.2) is 43.7 Å². The Kier molecular flexibility index (Phi) is 6.53. The van der Waals surface area contributed by atoms with E-state index >= 15 is 0 Å². The summed E-state index contributed by atoms with van der Waals surface area (Å²) in [6.45, 7) is 12.4. The molecule has 0 aliphatic carbocycles. The maximum absolute atomic E-state index is 12.6. The molecule has 28 heavy (non-hydrogen) atoms. The van der Waals surface area contributed by atoms with Gasteiger partial charge in [-0.2, -0.15) is 0 Å². The van der Waals surface area contributed by atoms with E-state index in [2.05, 4.69) is 72.9 Å². The smallest absolute Gasteiger partial charge is 0.278 e. The Morgan fingerprint density at radius 3 is 1.68 bits per heavy atom. The SMILES string of the molecule is C[C@H](C(=O)NC(C)(C)C)[NH+]1CC[NH+](C(c2ccccc2)c2ccccc2)CC1. The number of benzene rings is 2. The molecule has 3 N–H and O–H groups in total. The third-order valence-electron chi connectivity index (χ3n) is 5.71. The lowest BCUT2D eigenvalue weighted by Gasteiger charge is -2.37. The number of quaternary nitrogens is 2. The first-order valence-electron chi connectivity index (χ1n) is 10.5. The molecule has 1 fully saturated rings. The molecular weight excluding hydrogens is 346 g/mol. The molecule has 4 nitrogen and oxygen atoms in total. The molecule has 150 valence electrons. The molecule has 0 radical (unpaired) electrons. The molecule has 1 amide bonds. The van der Waals surface area contributed by atoms with Gasteiger partial charge in [-0.3, -0.25) is 4.79 Å². The van der Waals surface area contributed by atoms with Crippen LogP contribution in [0, 0.1) is 0 Å². The molecule has 1 atom stereocenters. The van der Waals surface area contributed by atoms with E-state index in [-0.39, 0.29) is 17.5 Å². The van der Waals surface area contributed by atoms with Crippen molar-refractivity contribution < 1.29 is 14.6 Å². The van der Waals surface area contributed by atoms with Gasteiger partial charge in [0.15, 0.2) is 6.04 Å². The number of piperazine rings is 1. The third kappa shape index (κ3) is 5.21. The van der Waals surface area contributed by atoms with Crippen LogP contribution in [0.15, 0.2) is 60.7 Å². The Hall–Kier alpha value is -2.17. The molecule has 2 aromatic rings. The maximum Gasteiger partial charge on any atom is 0.278 e. The number of rotatable bonds is 5. The van der Waals surface area contributed by atoms with E-state index in [0.717, 1.165) is 26.2 Å². The standard InChI is InChI=1S/C24H33N3O/c1-19(23(28)25-24(2,3)4)26-15-17-27(18-16-26)22(20-11-7-5-8-12-20)21-13-9-6-10-14-21/h5-14,19,22H,15-18H2,1-4H3,(H,25,28)/p+2/t19-/m1/s1. The molecule has 3 rings (SSSR count). The molecule has 1 heterocycles. The number of amides is 1. The quantitative estimate of drug-likeness (QED) is 0.706. The van der Waals surface area contributed by atoms with Gasteiger partial charge in [-0.25, -0.2) is 0 Å². The van der Waals surface area contributed by atoms with Crippen molar-refractivity contribution in [3.05, 3.63) is 71.8 Å². The second-order valence-corrected chi connectivity index (χ2v) is 9.03. The Balaban J connectivity index is 1.70. The van der Waals surface area contributed by atoms with Crippen molar-refractivity contribution in [3.63, 3.8) is 0 Å². The van der Waals surface area contributed by atoms with Gasteiger partial charge in [0.2, 0.25) is 0 Å². The normalized spacial score (nSPS) is 21.3. The van der Waals surface area contributed by atoms with Gasteiger partial charge in [-0.1, -0.05) is 60.7 Å². The van der Waals surface area contributed by atoms with Crippen LogP contribution < -0.4 is 15.1 Å². The lowest BCUT2D eigenvalue weighted by atomic mass is 9.96. The van der Waals surface area contributed by atoms with Crippen LogP contribution in [-0.2, 0) is 4.79 Å². The van der Waals surface area contributed by atoms with Gasteiger partial charge in [0.1, 0.15) is 32.2 Å². The van der Waals surface area contributed by atoms with Gasteiger partial charge in [0.05, 0.1) is 0 Å². The zero-order valence-electron chi connectivity index (χ0n) is 17.7. The summed E-state index contributed by atoms with van der Waals surface area (Å²) in [5, 5.41) is 3.14. The van der Waals surface area contributed by atoms with Crippen molar-refractivity contribution in [2.24, 2.45) is 0 Å². The Bertz CT molecular complexity index is 707. The summed E-state index contributed by atoms with van der Waals surface area (Å²) in [5.74, 6) is 0.161. The van der Waals surface area contributed by atoms with Gasteiger partial charge in [0, 0.05) is 16.7 Å². The maximum atomic E-state index is 12.6. The molecule has 1 aliphatic rings. The van der Waals surface area contributed by atoms with E-state index in [1.54, 1.807) is 4.90 Å². The molecule has 0 saturated carbocycles. The molecule has 4 heteroatoms. The van der Waals surface area contributed by atoms with E-state index < -0.39 is 0 Å². The summed E-state index contributed by atoms with van der Waals surface area (Å²) < 4.78 is 0. The van der Waals surface area contributed by atoms with Crippen LogP contribution in [0.4, 0.5) is 0 Å².